The van der Waals surface area contributed by atoms with Gasteiger partial charge >= 0.3 is 0 Å². The van der Waals surface area contributed by atoms with Gasteiger partial charge in [0.1, 0.15) is 10.8 Å². The Morgan fingerprint density at radius 2 is 2.12 bits per heavy atom. The zero-order chi connectivity index (χ0) is 11.5. The number of hydrogen-bond donors (Lipinski definition) is 2. The Morgan fingerprint density at radius 1 is 1.38 bits per heavy atom. The minimum atomic E-state index is -0.394. The number of para-hydroxylation sites is 1. The molecule has 2 rings (SSSR count). The number of aromatic hydroxyl groups is 1. The molecule has 1 aromatic heterocycles. The maximum atomic E-state index is 11.7. The van der Waals surface area contributed by atoms with E-state index in [0.29, 0.717) is 5.13 Å². The second-order valence-electron chi connectivity index (χ2n) is 3.10. The molecule has 2 N–H and O–H groups in total. The number of amides is 1. The normalized spacial score (nSPS) is 10.1. The number of rotatable bonds is 2. The molecule has 0 fully saturated rings. The van der Waals surface area contributed by atoms with Crippen LogP contribution in [0.15, 0.2) is 24.3 Å². The van der Waals surface area contributed by atoms with Crippen LogP contribution in [0.4, 0.5) is 5.13 Å². The molecule has 82 valence electrons. The number of carbonyl (C=O) groups excluding carboxylic acids is 1. The number of aromatic nitrogens is 2. The lowest BCUT2D eigenvalue weighted by Gasteiger charge is -2.02. The van der Waals surface area contributed by atoms with Gasteiger partial charge in [0.2, 0.25) is 5.13 Å². The summed E-state index contributed by atoms with van der Waals surface area (Å²) in [7, 11) is 0. The molecule has 0 atom stereocenters. The number of phenolic OH excluding ortho intramolecular Hbond substituents is 1. The van der Waals surface area contributed by atoms with Crippen molar-refractivity contribution >= 4 is 22.4 Å². The highest BCUT2D eigenvalue weighted by Gasteiger charge is 2.12. The van der Waals surface area contributed by atoms with Crippen molar-refractivity contribution in [3.05, 3.63) is 34.8 Å². The van der Waals surface area contributed by atoms with E-state index in [1.54, 1.807) is 25.1 Å². The zero-order valence-electron chi connectivity index (χ0n) is 8.47. The molecule has 1 heterocycles. The molecule has 0 radical (unpaired) electrons. The Morgan fingerprint density at radius 3 is 2.75 bits per heavy atom. The average Bonchev–Trinajstić information content (AvgIpc) is 2.64. The third-order valence-electron chi connectivity index (χ3n) is 1.90. The highest BCUT2D eigenvalue weighted by molar-refractivity contribution is 7.15. The molecule has 0 spiro atoms. The average molecular weight is 235 g/mol. The molecule has 1 aromatic carbocycles. The van der Waals surface area contributed by atoms with Crippen molar-refractivity contribution < 1.29 is 9.90 Å². The number of phenols is 1. The summed E-state index contributed by atoms with van der Waals surface area (Å²) in [5.41, 5.74) is 0.218. The van der Waals surface area contributed by atoms with Gasteiger partial charge in [-0.3, -0.25) is 10.1 Å². The Labute approximate surface area is 95.8 Å². The van der Waals surface area contributed by atoms with E-state index in [2.05, 4.69) is 15.5 Å². The maximum Gasteiger partial charge on any atom is 0.261 e. The van der Waals surface area contributed by atoms with E-state index in [9.17, 15) is 9.90 Å². The fraction of sp³-hybridized carbons (Fsp3) is 0.100. The Bertz CT molecular complexity index is 524. The summed E-state index contributed by atoms with van der Waals surface area (Å²) >= 11 is 1.28. The molecule has 0 aliphatic rings. The summed E-state index contributed by atoms with van der Waals surface area (Å²) in [4.78, 5) is 11.7. The lowest BCUT2D eigenvalue weighted by atomic mass is 10.2. The Kier molecular flexibility index (Phi) is 2.82. The van der Waals surface area contributed by atoms with Crippen LogP contribution >= 0.6 is 11.3 Å². The van der Waals surface area contributed by atoms with Gasteiger partial charge in [0, 0.05) is 0 Å². The van der Waals surface area contributed by atoms with Gasteiger partial charge in [-0.15, -0.1) is 10.2 Å². The number of benzene rings is 1. The molecule has 1 amide bonds. The molecule has 0 saturated heterocycles. The fourth-order valence-electron chi connectivity index (χ4n) is 1.18. The van der Waals surface area contributed by atoms with Gasteiger partial charge in [-0.05, 0) is 19.1 Å². The Hall–Kier alpha value is -1.95. The quantitative estimate of drug-likeness (QED) is 0.832. The lowest BCUT2D eigenvalue weighted by molar-refractivity contribution is 0.102. The molecule has 0 bridgehead atoms. The van der Waals surface area contributed by atoms with Gasteiger partial charge in [0.15, 0.2) is 0 Å². The van der Waals surface area contributed by atoms with Crippen molar-refractivity contribution in [1.29, 1.82) is 0 Å². The van der Waals surface area contributed by atoms with Crippen LogP contribution in [0.3, 0.4) is 0 Å². The van der Waals surface area contributed by atoms with Gasteiger partial charge in [-0.1, -0.05) is 23.5 Å². The van der Waals surface area contributed by atoms with Crippen LogP contribution < -0.4 is 5.32 Å². The number of nitrogens with zero attached hydrogens (tertiary/aromatic N) is 2. The molecule has 0 aliphatic carbocycles. The van der Waals surface area contributed by atoms with E-state index in [4.69, 9.17) is 0 Å². The summed E-state index contributed by atoms with van der Waals surface area (Å²) in [5.74, 6) is -0.449. The molecule has 5 nitrogen and oxygen atoms in total. The van der Waals surface area contributed by atoms with Gasteiger partial charge in [-0.2, -0.15) is 0 Å². The third kappa shape index (κ3) is 2.17. The van der Waals surface area contributed by atoms with Crippen molar-refractivity contribution in [2.45, 2.75) is 6.92 Å². The predicted octanol–water partition coefficient (Wildman–Crippen LogP) is 1.80. The summed E-state index contributed by atoms with van der Waals surface area (Å²) in [6.07, 6.45) is 0. The summed E-state index contributed by atoms with van der Waals surface area (Å²) in [6.45, 7) is 1.80. The second kappa shape index (κ2) is 4.28. The van der Waals surface area contributed by atoms with Crippen molar-refractivity contribution in [2.75, 3.05) is 5.32 Å². The molecule has 0 unspecified atom stereocenters. The number of anilines is 1. The van der Waals surface area contributed by atoms with Crippen molar-refractivity contribution in [1.82, 2.24) is 10.2 Å². The first kappa shape index (κ1) is 10.6. The highest BCUT2D eigenvalue weighted by atomic mass is 32.1. The largest absolute Gasteiger partial charge is 0.507 e. The molecule has 6 heteroatoms. The van der Waals surface area contributed by atoms with Crippen molar-refractivity contribution in [2.24, 2.45) is 0 Å². The number of nitrogens with one attached hydrogen (secondary N) is 1. The van der Waals surface area contributed by atoms with Crippen molar-refractivity contribution in [3.8, 4) is 5.75 Å². The van der Waals surface area contributed by atoms with Gasteiger partial charge < -0.3 is 5.11 Å². The topological polar surface area (TPSA) is 75.1 Å². The van der Waals surface area contributed by atoms with E-state index in [1.165, 1.54) is 17.4 Å². The third-order valence-corrected chi connectivity index (χ3v) is 2.65. The summed E-state index contributed by atoms with van der Waals surface area (Å²) in [6, 6.07) is 6.33. The first-order valence-corrected chi connectivity index (χ1v) is 5.38. The van der Waals surface area contributed by atoms with E-state index >= 15 is 0 Å². The van der Waals surface area contributed by atoms with Gasteiger partial charge in [0.05, 0.1) is 5.56 Å². The molecular formula is C10H9N3O2S. The van der Waals surface area contributed by atoms with E-state index in [1.807, 2.05) is 0 Å². The smallest absolute Gasteiger partial charge is 0.261 e. The van der Waals surface area contributed by atoms with E-state index in [-0.39, 0.29) is 11.3 Å². The first-order valence-electron chi connectivity index (χ1n) is 4.56. The van der Waals surface area contributed by atoms with E-state index < -0.39 is 5.91 Å². The van der Waals surface area contributed by atoms with Crippen LogP contribution in [-0.4, -0.2) is 21.2 Å². The van der Waals surface area contributed by atoms with Gasteiger partial charge in [-0.25, -0.2) is 0 Å². The minimum absolute atomic E-state index is 0.0544. The van der Waals surface area contributed by atoms with Crippen LogP contribution in [-0.2, 0) is 0 Å². The van der Waals surface area contributed by atoms with Gasteiger partial charge in [0.25, 0.3) is 5.91 Å². The molecular weight excluding hydrogens is 226 g/mol. The second-order valence-corrected chi connectivity index (χ2v) is 4.28. The molecule has 0 saturated carbocycles. The summed E-state index contributed by atoms with van der Waals surface area (Å²) < 4.78 is 0. The lowest BCUT2D eigenvalue weighted by Crippen LogP contribution is -2.11. The monoisotopic (exact) mass is 235 g/mol. The standard InChI is InChI=1S/C10H9N3O2S/c1-6-12-13-10(16-6)11-9(15)7-4-2-3-5-8(7)14/h2-5,14H,1H3,(H,11,13,15). The number of carbonyl (C=O) groups is 1. The van der Waals surface area contributed by atoms with Crippen LogP contribution in [0.25, 0.3) is 0 Å². The van der Waals surface area contributed by atoms with Crippen LogP contribution in [0.2, 0.25) is 0 Å². The number of aryl methyl sites for hydroxylation is 1. The van der Waals surface area contributed by atoms with E-state index in [0.717, 1.165) is 5.01 Å². The SMILES string of the molecule is Cc1nnc(NC(=O)c2ccccc2O)s1. The highest BCUT2D eigenvalue weighted by Crippen LogP contribution is 2.19. The minimum Gasteiger partial charge on any atom is -0.507 e. The van der Waals surface area contributed by atoms with Crippen LogP contribution in [0.5, 0.6) is 5.75 Å². The van der Waals surface area contributed by atoms with Crippen LogP contribution in [0, 0.1) is 6.92 Å². The molecule has 2 aromatic rings. The first-order chi connectivity index (χ1) is 7.66. The zero-order valence-corrected chi connectivity index (χ0v) is 9.28. The fourth-order valence-corrected chi connectivity index (χ4v) is 1.76. The maximum absolute atomic E-state index is 11.7. The molecule has 0 aliphatic heterocycles. The molecule has 16 heavy (non-hydrogen) atoms. The summed E-state index contributed by atoms with van der Waals surface area (Å²) in [5, 5.41) is 20.8. The number of hydrogen-bond acceptors (Lipinski definition) is 5. The Balaban J connectivity index is 2.18. The van der Waals surface area contributed by atoms with Crippen molar-refractivity contribution in [3.63, 3.8) is 0 Å². The predicted molar refractivity (Wildman–Crippen MR) is 60.7 cm³/mol. The van der Waals surface area contributed by atoms with Crippen LogP contribution in [0.1, 0.15) is 15.4 Å².